The van der Waals surface area contributed by atoms with Crippen LogP contribution < -0.4 is 0 Å². The lowest BCUT2D eigenvalue weighted by Crippen LogP contribution is -2.58. The van der Waals surface area contributed by atoms with Crippen molar-refractivity contribution in [2.45, 2.75) is 181 Å². The molecule has 10 atom stereocenters. The summed E-state index contributed by atoms with van der Waals surface area (Å²) in [5, 5.41) is 11.2. The molecule has 1 N–H and O–H groups in total. The Kier molecular flexibility index (Phi) is 11.1. The number of carbonyl (C=O) groups excluding carboxylic acids is 1. The maximum Gasteiger partial charge on any atom is 0.346 e. The first-order valence-corrected chi connectivity index (χ1v) is 24.9. The van der Waals surface area contributed by atoms with Crippen LogP contribution in [0.15, 0.2) is 23.3 Å². The highest BCUT2D eigenvalue weighted by Crippen LogP contribution is 2.67. The van der Waals surface area contributed by atoms with Crippen molar-refractivity contribution in [1.82, 2.24) is 0 Å². The summed E-state index contributed by atoms with van der Waals surface area (Å²) in [6.07, 6.45) is 10.4. The Labute approximate surface area is 295 Å². The second-order valence-electron chi connectivity index (χ2n) is 19.8. The molecule has 3 fully saturated rings. The number of carbonyl (C=O) groups is 1. The van der Waals surface area contributed by atoms with Gasteiger partial charge in [-0.25, -0.2) is 9.18 Å². The van der Waals surface area contributed by atoms with E-state index in [0.717, 1.165) is 38.5 Å². The largest absolute Gasteiger partial charge is 0.464 e. The zero-order valence-electron chi connectivity index (χ0n) is 33.3. The number of allylic oxidation sites excluding steroid dienone is 3. The van der Waals surface area contributed by atoms with Crippen LogP contribution in [0, 0.1) is 34.5 Å². The molecular weight excluding hydrogens is 636 g/mol. The SMILES string of the molecule is CCOC(=O)[C@](C)(F)C(O)C[C@@H](C)[C@H]1CC[C@H]2C3=CC=C4C[C@@H](O[Si](C)(C)C(C)(C)C)C[C@H](O[Si](C)(C)C(C)(C)C)[C@]4(C)[C@H]3CC[C@]12C. The van der Waals surface area contributed by atoms with Gasteiger partial charge in [0, 0.05) is 5.41 Å². The number of alkyl halides is 1. The van der Waals surface area contributed by atoms with Crippen LogP contribution in [-0.4, -0.2) is 58.3 Å². The van der Waals surface area contributed by atoms with Crippen molar-refractivity contribution in [2.75, 3.05) is 6.61 Å². The molecule has 5 nitrogen and oxygen atoms in total. The van der Waals surface area contributed by atoms with Crippen molar-refractivity contribution in [3.05, 3.63) is 23.3 Å². The maximum absolute atomic E-state index is 15.4. The number of hydrogen-bond acceptors (Lipinski definition) is 5. The summed E-state index contributed by atoms with van der Waals surface area (Å²) in [5.41, 5.74) is 0.669. The molecule has 3 saturated carbocycles. The highest BCUT2D eigenvalue weighted by molar-refractivity contribution is 6.74. The molecule has 4 aliphatic rings. The lowest BCUT2D eigenvalue weighted by Gasteiger charge is -2.59. The summed E-state index contributed by atoms with van der Waals surface area (Å²) >= 11 is 0. The predicted molar refractivity (Wildman–Crippen MR) is 201 cm³/mol. The molecule has 0 saturated heterocycles. The fourth-order valence-corrected chi connectivity index (χ4v) is 12.3. The normalized spacial score (nSPS) is 35.3. The molecule has 0 heterocycles. The number of esters is 1. The molecular formula is C40H71FO5Si2. The Bertz CT molecular complexity index is 1260. The molecule has 0 aromatic heterocycles. The van der Waals surface area contributed by atoms with E-state index in [1.165, 1.54) is 12.5 Å². The minimum absolute atomic E-state index is 0.0677. The van der Waals surface area contributed by atoms with Crippen LogP contribution in [0.1, 0.15) is 121 Å². The maximum atomic E-state index is 15.4. The number of fused-ring (bicyclic) bond motifs is 5. The molecule has 276 valence electrons. The molecule has 0 aromatic rings. The van der Waals surface area contributed by atoms with Gasteiger partial charge in [-0.2, -0.15) is 0 Å². The van der Waals surface area contributed by atoms with E-state index in [2.05, 4.69) is 101 Å². The number of aliphatic hydroxyl groups is 1. The average molecular weight is 707 g/mol. The molecule has 8 heteroatoms. The second kappa shape index (κ2) is 13.3. The van der Waals surface area contributed by atoms with Crippen LogP contribution in [-0.2, 0) is 18.4 Å². The molecule has 0 bridgehead atoms. The Hall–Kier alpha value is -0.806. The predicted octanol–water partition coefficient (Wildman–Crippen LogP) is 10.6. The van der Waals surface area contributed by atoms with Gasteiger partial charge in [-0.1, -0.05) is 85.6 Å². The summed E-state index contributed by atoms with van der Waals surface area (Å²) in [7, 11) is -4.05. The lowest BCUT2D eigenvalue weighted by atomic mass is 9.49. The first-order chi connectivity index (χ1) is 21.7. The van der Waals surface area contributed by atoms with Gasteiger partial charge in [0.05, 0.1) is 24.9 Å². The van der Waals surface area contributed by atoms with E-state index in [9.17, 15) is 9.90 Å². The molecule has 48 heavy (non-hydrogen) atoms. The summed E-state index contributed by atoms with van der Waals surface area (Å²) in [4.78, 5) is 12.3. The third-order valence-corrected chi connectivity index (χ3v) is 23.8. The van der Waals surface area contributed by atoms with E-state index >= 15 is 4.39 Å². The summed E-state index contributed by atoms with van der Waals surface area (Å²) < 4.78 is 35.0. The molecule has 1 unspecified atom stereocenters. The van der Waals surface area contributed by atoms with Crippen molar-refractivity contribution in [2.24, 2.45) is 34.5 Å². The Morgan fingerprint density at radius 1 is 0.958 bits per heavy atom. The van der Waals surface area contributed by atoms with Crippen LogP contribution in [0.2, 0.25) is 36.3 Å². The van der Waals surface area contributed by atoms with Gasteiger partial charge >= 0.3 is 5.97 Å². The number of rotatable bonds is 10. The fourth-order valence-electron chi connectivity index (χ4n) is 9.51. The van der Waals surface area contributed by atoms with Crippen molar-refractivity contribution in [3.63, 3.8) is 0 Å². The first-order valence-electron chi connectivity index (χ1n) is 19.0. The summed E-state index contributed by atoms with van der Waals surface area (Å²) in [6, 6.07) is 0. The minimum Gasteiger partial charge on any atom is -0.464 e. The van der Waals surface area contributed by atoms with Crippen molar-refractivity contribution in [1.29, 1.82) is 0 Å². The van der Waals surface area contributed by atoms with Gasteiger partial charge in [0.2, 0.25) is 5.67 Å². The zero-order chi connectivity index (χ0) is 36.5. The van der Waals surface area contributed by atoms with E-state index in [1.54, 1.807) is 12.5 Å². The molecule has 0 spiro atoms. The number of ether oxygens (including phenoxy) is 1. The Morgan fingerprint density at radius 2 is 1.54 bits per heavy atom. The highest BCUT2D eigenvalue weighted by atomic mass is 28.4. The smallest absolute Gasteiger partial charge is 0.346 e. The number of halogens is 1. The van der Waals surface area contributed by atoms with Crippen molar-refractivity contribution < 1.29 is 27.9 Å². The van der Waals surface area contributed by atoms with E-state index in [4.69, 9.17) is 13.6 Å². The van der Waals surface area contributed by atoms with Crippen LogP contribution in [0.5, 0.6) is 0 Å². The first kappa shape index (κ1) is 40.0. The van der Waals surface area contributed by atoms with Crippen molar-refractivity contribution in [3.8, 4) is 0 Å². The van der Waals surface area contributed by atoms with Crippen molar-refractivity contribution >= 4 is 22.6 Å². The lowest BCUT2D eigenvalue weighted by molar-refractivity contribution is -0.165. The molecule has 0 radical (unpaired) electrons. The third kappa shape index (κ3) is 7.01. The Balaban J connectivity index is 1.65. The van der Waals surface area contributed by atoms with Gasteiger partial charge in [0.25, 0.3) is 0 Å². The van der Waals surface area contributed by atoms with E-state index in [0.29, 0.717) is 17.8 Å². The van der Waals surface area contributed by atoms with Gasteiger partial charge in [0.1, 0.15) is 0 Å². The highest BCUT2D eigenvalue weighted by Gasteiger charge is 2.61. The molecule has 0 aromatic carbocycles. The van der Waals surface area contributed by atoms with Gasteiger partial charge in [-0.15, -0.1) is 0 Å². The number of aliphatic hydroxyl groups excluding tert-OH is 1. The van der Waals surface area contributed by atoms with Crippen LogP contribution >= 0.6 is 0 Å². The number of hydrogen-bond donors (Lipinski definition) is 1. The Morgan fingerprint density at radius 3 is 2.10 bits per heavy atom. The average Bonchev–Trinajstić information content (AvgIpc) is 3.29. The monoisotopic (exact) mass is 706 g/mol. The molecule has 0 aliphatic heterocycles. The van der Waals surface area contributed by atoms with Gasteiger partial charge in [-0.05, 0) is 124 Å². The van der Waals surface area contributed by atoms with Crippen LogP contribution in [0.25, 0.3) is 0 Å². The van der Waals surface area contributed by atoms with E-state index in [1.807, 2.05) is 0 Å². The van der Waals surface area contributed by atoms with E-state index < -0.39 is 34.4 Å². The standard InChI is InChI=1S/C40H71FO5Si2/c1-16-44-35(43)40(11,41)33(42)23-26(2)30-19-20-31-29-18-17-27-24-28(45-47(12,13)36(3,4)5)25-34(46-48(14,15)37(6,7)8)39(27,10)32(29)21-22-38(30,31)9/h17-18,26,28,30-34,42H,16,19-25H2,1-15H3/t26-,28-,30-,31+,32+,33?,34+,38-,39+,40-/m1/s1. The van der Waals surface area contributed by atoms with Gasteiger partial charge in [0.15, 0.2) is 16.6 Å². The quantitative estimate of drug-likeness (QED) is 0.181. The van der Waals surface area contributed by atoms with Crippen LogP contribution in [0.3, 0.4) is 0 Å². The third-order valence-electron chi connectivity index (χ3n) is 14.8. The zero-order valence-corrected chi connectivity index (χ0v) is 35.3. The van der Waals surface area contributed by atoms with Gasteiger partial charge in [-0.3, -0.25) is 0 Å². The molecule has 4 rings (SSSR count). The summed E-state index contributed by atoms with van der Waals surface area (Å²) in [5.74, 6) is 0.342. The second-order valence-corrected chi connectivity index (χ2v) is 29.3. The molecule has 0 amide bonds. The fraction of sp³-hybridized carbons (Fsp3) is 0.875. The minimum atomic E-state index is -2.41. The van der Waals surface area contributed by atoms with Crippen LogP contribution in [0.4, 0.5) is 4.39 Å². The topological polar surface area (TPSA) is 65.0 Å². The summed E-state index contributed by atoms with van der Waals surface area (Å²) in [6.45, 7) is 33.6. The van der Waals surface area contributed by atoms with Gasteiger partial charge < -0.3 is 18.7 Å². The van der Waals surface area contributed by atoms with E-state index in [-0.39, 0.29) is 52.1 Å². The molecule has 4 aliphatic carbocycles.